The molecule has 0 bridgehead atoms. The summed E-state index contributed by atoms with van der Waals surface area (Å²) in [5, 5.41) is 9.26. The fourth-order valence-electron chi connectivity index (χ4n) is 3.55. The maximum absolute atomic E-state index is 9.26. The van der Waals surface area contributed by atoms with Gasteiger partial charge in [0.2, 0.25) is 0 Å². The molecule has 1 atom stereocenters. The molecule has 0 fully saturated rings. The Bertz CT molecular complexity index is 478. The van der Waals surface area contributed by atoms with Crippen LogP contribution in [0.1, 0.15) is 52.4 Å². The summed E-state index contributed by atoms with van der Waals surface area (Å²) in [5.41, 5.74) is 4.02. The number of nitrogens with zero attached hydrogens (tertiary/aromatic N) is 1. The molecule has 1 N–H and O–H groups in total. The number of aliphatic hydroxyl groups excluding tert-OH is 1. The zero-order valence-corrected chi connectivity index (χ0v) is 14.9. The molecule has 0 spiro atoms. The SMILES string of the molecule is CCCN(CCC)CCCCC1=CC2=CC=C(CO)C[C@H]2C=C1. The number of hydrogen-bond acceptors (Lipinski definition) is 2. The van der Waals surface area contributed by atoms with Crippen molar-refractivity contribution < 1.29 is 5.11 Å². The Morgan fingerprint density at radius 2 is 1.87 bits per heavy atom. The first-order chi connectivity index (χ1) is 11.3. The van der Waals surface area contributed by atoms with Gasteiger partial charge in [0, 0.05) is 5.92 Å². The standard InChI is InChI=1S/C21H33NO/c1-3-12-22(13-4-2)14-6-5-7-18-8-10-21-16-19(17-23)9-11-20(21)15-18/h8-11,15,21,23H,3-7,12-14,16-17H2,1-2H3/t21-/m1/s1. The highest BCUT2D eigenvalue weighted by atomic mass is 16.3. The van der Waals surface area contributed by atoms with Crippen LogP contribution in [0.5, 0.6) is 0 Å². The molecule has 128 valence electrons. The summed E-state index contributed by atoms with van der Waals surface area (Å²) in [6, 6.07) is 0. The Balaban J connectivity index is 1.76. The minimum atomic E-state index is 0.191. The van der Waals surface area contributed by atoms with Gasteiger partial charge in [-0.1, -0.05) is 44.2 Å². The van der Waals surface area contributed by atoms with Crippen molar-refractivity contribution in [2.45, 2.75) is 52.4 Å². The van der Waals surface area contributed by atoms with E-state index in [-0.39, 0.29) is 6.61 Å². The molecule has 2 rings (SSSR count). The molecule has 0 radical (unpaired) electrons. The number of fused-ring (bicyclic) bond motifs is 1. The highest BCUT2D eigenvalue weighted by Crippen LogP contribution is 2.32. The smallest absolute Gasteiger partial charge is 0.0645 e. The Hall–Kier alpha value is -1.12. The second-order valence-corrected chi connectivity index (χ2v) is 6.84. The van der Waals surface area contributed by atoms with Crippen molar-refractivity contribution >= 4 is 0 Å². The molecule has 23 heavy (non-hydrogen) atoms. The highest BCUT2D eigenvalue weighted by Gasteiger charge is 2.18. The van der Waals surface area contributed by atoms with Gasteiger partial charge in [0.05, 0.1) is 6.61 Å². The highest BCUT2D eigenvalue weighted by molar-refractivity contribution is 5.44. The molecule has 0 aromatic rings. The Morgan fingerprint density at radius 3 is 2.57 bits per heavy atom. The van der Waals surface area contributed by atoms with E-state index in [0.29, 0.717) is 5.92 Å². The van der Waals surface area contributed by atoms with Crippen molar-refractivity contribution in [1.29, 1.82) is 0 Å². The van der Waals surface area contributed by atoms with Crippen LogP contribution in [0.15, 0.2) is 47.1 Å². The maximum atomic E-state index is 9.26. The number of aliphatic hydroxyl groups is 1. The summed E-state index contributed by atoms with van der Waals surface area (Å²) >= 11 is 0. The molecule has 0 amide bonds. The van der Waals surface area contributed by atoms with Crippen molar-refractivity contribution in [3.8, 4) is 0 Å². The van der Waals surface area contributed by atoms with Crippen molar-refractivity contribution in [3.63, 3.8) is 0 Å². The third-order valence-electron chi connectivity index (χ3n) is 4.79. The third-order valence-corrected chi connectivity index (χ3v) is 4.79. The molecule has 2 aliphatic carbocycles. The Kier molecular flexibility index (Phi) is 7.84. The van der Waals surface area contributed by atoms with Crippen molar-refractivity contribution in [2.24, 2.45) is 5.92 Å². The van der Waals surface area contributed by atoms with Crippen LogP contribution in [-0.4, -0.2) is 36.2 Å². The van der Waals surface area contributed by atoms with Crippen LogP contribution in [0, 0.1) is 5.92 Å². The molecular weight excluding hydrogens is 282 g/mol. The lowest BCUT2D eigenvalue weighted by atomic mass is 9.82. The normalized spacial score (nSPS) is 20.2. The van der Waals surface area contributed by atoms with Gasteiger partial charge in [-0.15, -0.1) is 0 Å². The minimum absolute atomic E-state index is 0.191. The molecule has 0 saturated carbocycles. The van der Waals surface area contributed by atoms with Gasteiger partial charge >= 0.3 is 0 Å². The molecule has 2 nitrogen and oxygen atoms in total. The van der Waals surface area contributed by atoms with E-state index < -0.39 is 0 Å². The van der Waals surface area contributed by atoms with E-state index >= 15 is 0 Å². The first-order valence-electron chi connectivity index (χ1n) is 9.38. The van der Waals surface area contributed by atoms with Gasteiger partial charge in [-0.05, 0) is 74.9 Å². The van der Waals surface area contributed by atoms with Crippen molar-refractivity contribution in [2.75, 3.05) is 26.2 Å². The zero-order chi connectivity index (χ0) is 16.5. The van der Waals surface area contributed by atoms with E-state index in [1.807, 2.05) is 0 Å². The van der Waals surface area contributed by atoms with Gasteiger partial charge in [0.15, 0.2) is 0 Å². The van der Waals surface area contributed by atoms with E-state index in [1.165, 1.54) is 62.9 Å². The van der Waals surface area contributed by atoms with Gasteiger partial charge in [0.25, 0.3) is 0 Å². The van der Waals surface area contributed by atoms with Crippen LogP contribution in [0.2, 0.25) is 0 Å². The second-order valence-electron chi connectivity index (χ2n) is 6.84. The molecule has 0 heterocycles. The minimum Gasteiger partial charge on any atom is -0.392 e. The van der Waals surface area contributed by atoms with Crippen LogP contribution in [0.3, 0.4) is 0 Å². The summed E-state index contributed by atoms with van der Waals surface area (Å²) < 4.78 is 0. The van der Waals surface area contributed by atoms with E-state index in [0.717, 1.165) is 12.0 Å². The van der Waals surface area contributed by atoms with Crippen LogP contribution in [-0.2, 0) is 0 Å². The summed E-state index contributed by atoms with van der Waals surface area (Å²) in [5.74, 6) is 0.482. The largest absolute Gasteiger partial charge is 0.392 e. The average Bonchev–Trinajstić information content (AvgIpc) is 2.58. The molecule has 0 saturated heterocycles. The Labute approximate surface area is 142 Å². The topological polar surface area (TPSA) is 23.5 Å². The number of hydrogen-bond donors (Lipinski definition) is 1. The first-order valence-corrected chi connectivity index (χ1v) is 9.38. The van der Waals surface area contributed by atoms with Crippen LogP contribution < -0.4 is 0 Å². The maximum Gasteiger partial charge on any atom is 0.0645 e. The third kappa shape index (κ3) is 5.78. The van der Waals surface area contributed by atoms with Crippen molar-refractivity contribution in [3.05, 3.63) is 47.1 Å². The van der Waals surface area contributed by atoms with Crippen LogP contribution in [0.4, 0.5) is 0 Å². The second kappa shape index (κ2) is 9.89. The van der Waals surface area contributed by atoms with Gasteiger partial charge < -0.3 is 10.0 Å². The number of unbranched alkanes of at least 4 members (excludes halogenated alkanes) is 1. The van der Waals surface area contributed by atoms with Gasteiger partial charge in [0.1, 0.15) is 0 Å². The molecule has 0 aromatic carbocycles. The van der Waals surface area contributed by atoms with E-state index in [1.54, 1.807) is 0 Å². The quantitative estimate of drug-likeness (QED) is 0.594. The van der Waals surface area contributed by atoms with E-state index in [4.69, 9.17) is 0 Å². The van der Waals surface area contributed by atoms with Crippen LogP contribution in [0.25, 0.3) is 0 Å². The van der Waals surface area contributed by atoms with Crippen molar-refractivity contribution in [1.82, 2.24) is 4.90 Å². The fourth-order valence-corrected chi connectivity index (χ4v) is 3.55. The lowest BCUT2D eigenvalue weighted by molar-refractivity contribution is 0.269. The lowest BCUT2D eigenvalue weighted by Gasteiger charge is -2.24. The van der Waals surface area contributed by atoms with E-state index in [2.05, 4.69) is 49.1 Å². The molecule has 0 aliphatic heterocycles. The summed E-state index contributed by atoms with van der Waals surface area (Å²) in [6.45, 7) is 8.45. The monoisotopic (exact) mass is 315 g/mol. The molecule has 2 aliphatic rings. The molecule has 0 aromatic heterocycles. The van der Waals surface area contributed by atoms with E-state index in [9.17, 15) is 5.11 Å². The average molecular weight is 316 g/mol. The molecular formula is C21H33NO. The van der Waals surface area contributed by atoms with Gasteiger partial charge in [-0.2, -0.15) is 0 Å². The predicted octanol–water partition coefficient (Wildman–Crippen LogP) is 4.64. The summed E-state index contributed by atoms with van der Waals surface area (Å²) in [4.78, 5) is 2.60. The van der Waals surface area contributed by atoms with Gasteiger partial charge in [-0.25, -0.2) is 0 Å². The Morgan fingerprint density at radius 1 is 1.09 bits per heavy atom. The number of rotatable bonds is 10. The summed E-state index contributed by atoms with van der Waals surface area (Å²) in [7, 11) is 0. The lowest BCUT2D eigenvalue weighted by Crippen LogP contribution is -2.26. The van der Waals surface area contributed by atoms with Crippen LogP contribution >= 0.6 is 0 Å². The molecule has 2 heteroatoms. The fraction of sp³-hybridized carbons (Fsp3) is 0.619. The van der Waals surface area contributed by atoms with Gasteiger partial charge in [-0.3, -0.25) is 0 Å². The molecule has 0 unspecified atom stereocenters. The number of allylic oxidation sites excluding steroid dienone is 7. The first kappa shape index (κ1) is 18.2. The zero-order valence-electron chi connectivity index (χ0n) is 14.9. The predicted molar refractivity (Wildman–Crippen MR) is 99.5 cm³/mol. The summed E-state index contributed by atoms with van der Waals surface area (Å²) in [6.07, 6.45) is 18.5.